The minimum atomic E-state index is 0.0331. The van der Waals surface area contributed by atoms with Crippen LogP contribution in [0.4, 0.5) is 0 Å². The van der Waals surface area contributed by atoms with Crippen LogP contribution < -0.4 is 10.1 Å². The van der Waals surface area contributed by atoms with Gasteiger partial charge >= 0.3 is 0 Å². The largest absolute Gasteiger partial charge is 0.492 e. The molecular weight excluding hydrogens is 254 g/mol. The van der Waals surface area contributed by atoms with E-state index < -0.39 is 0 Å². The predicted octanol–water partition coefficient (Wildman–Crippen LogP) is 1.40. The summed E-state index contributed by atoms with van der Waals surface area (Å²) in [4.78, 5) is 13.3. The van der Waals surface area contributed by atoms with Gasteiger partial charge in [-0.1, -0.05) is 12.1 Å². The van der Waals surface area contributed by atoms with Crippen LogP contribution in [0.15, 0.2) is 24.3 Å². The van der Waals surface area contributed by atoms with Gasteiger partial charge in [-0.3, -0.25) is 9.69 Å². The summed E-state index contributed by atoms with van der Waals surface area (Å²) in [6.07, 6.45) is 0.801. The first-order chi connectivity index (χ1) is 9.67. The first-order valence-electron chi connectivity index (χ1n) is 6.74. The van der Waals surface area contributed by atoms with Crippen LogP contribution in [0.1, 0.15) is 18.9 Å². The fourth-order valence-corrected chi connectivity index (χ4v) is 1.78. The smallest absolute Gasteiger partial charge is 0.234 e. The SMILES string of the molecule is CCNC(=O)CN(C)CCCOc1ccccc1C#N. The normalized spacial score (nSPS) is 10.1. The Balaban J connectivity index is 2.25. The highest BCUT2D eigenvalue weighted by Crippen LogP contribution is 2.16. The third-order valence-corrected chi connectivity index (χ3v) is 2.74. The molecule has 1 amide bonds. The van der Waals surface area contributed by atoms with Gasteiger partial charge in [0.25, 0.3) is 0 Å². The van der Waals surface area contributed by atoms with Crippen molar-refractivity contribution >= 4 is 5.91 Å². The number of amides is 1. The number of ether oxygens (including phenoxy) is 1. The van der Waals surface area contributed by atoms with Gasteiger partial charge in [-0.05, 0) is 32.5 Å². The van der Waals surface area contributed by atoms with Crippen molar-refractivity contribution in [3.05, 3.63) is 29.8 Å². The van der Waals surface area contributed by atoms with Crippen molar-refractivity contribution in [2.45, 2.75) is 13.3 Å². The van der Waals surface area contributed by atoms with Crippen molar-refractivity contribution in [1.82, 2.24) is 10.2 Å². The van der Waals surface area contributed by atoms with E-state index in [1.54, 1.807) is 12.1 Å². The second kappa shape index (κ2) is 8.94. The molecule has 0 aliphatic carbocycles. The number of rotatable bonds is 8. The lowest BCUT2D eigenvalue weighted by molar-refractivity contribution is -0.121. The van der Waals surface area contributed by atoms with Crippen molar-refractivity contribution in [2.24, 2.45) is 0 Å². The zero-order valence-corrected chi connectivity index (χ0v) is 12.1. The Morgan fingerprint density at radius 2 is 2.20 bits per heavy atom. The fraction of sp³-hybridized carbons (Fsp3) is 0.467. The van der Waals surface area contributed by atoms with E-state index in [9.17, 15) is 4.79 Å². The molecule has 0 saturated carbocycles. The number of nitrogens with zero attached hydrogens (tertiary/aromatic N) is 2. The van der Waals surface area contributed by atoms with Crippen LogP contribution >= 0.6 is 0 Å². The van der Waals surface area contributed by atoms with Crippen LogP contribution in [-0.2, 0) is 4.79 Å². The van der Waals surface area contributed by atoms with Gasteiger partial charge in [-0.25, -0.2) is 0 Å². The maximum atomic E-state index is 11.4. The van der Waals surface area contributed by atoms with E-state index in [1.807, 2.05) is 31.0 Å². The van der Waals surface area contributed by atoms with Gasteiger partial charge in [0, 0.05) is 13.1 Å². The number of nitriles is 1. The Morgan fingerprint density at radius 1 is 1.45 bits per heavy atom. The van der Waals surface area contributed by atoms with Crippen LogP contribution in [0, 0.1) is 11.3 Å². The van der Waals surface area contributed by atoms with Crippen molar-refractivity contribution in [3.8, 4) is 11.8 Å². The summed E-state index contributed by atoms with van der Waals surface area (Å²) in [6, 6.07) is 9.27. The van der Waals surface area contributed by atoms with Gasteiger partial charge < -0.3 is 10.1 Å². The minimum Gasteiger partial charge on any atom is -0.492 e. The van der Waals surface area contributed by atoms with E-state index in [2.05, 4.69) is 11.4 Å². The molecule has 0 aliphatic heterocycles. The number of hydrogen-bond acceptors (Lipinski definition) is 4. The zero-order valence-electron chi connectivity index (χ0n) is 12.1. The highest BCUT2D eigenvalue weighted by atomic mass is 16.5. The van der Waals surface area contributed by atoms with Gasteiger partial charge in [0.15, 0.2) is 0 Å². The van der Waals surface area contributed by atoms with Gasteiger partial charge in [0.05, 0.1) is 18.7 Å². The van der Waals surface area contributed by atoms with Crippen LogP contribution in [0.2, 0.25) is 0 Å². The third-order valence-electron chi connectivity index (χ3n) is 2.74. The first-order valence-corrected chi connectivity index (χ1v) is 6.74. The Kier molecular flexibility index (Phi) is 7.15. The van der Waals surface area contributed by atoms with E-state index in [0.29, 0.717) is 31.0 Å². The van der Waals surface area contributed by atoms with Crippen LogP contribution in [0.3, 0.4) is 0 Å². The molecule has 20 heavy (non-hydrogen) atoms. The number of likely N-dealkylation sites (N-methyl/N-ethyl adjacent to an activating group) is 2. The molecule has 1 aromatic carbocycles. The number of carbonyl (C=O) groups excluding carboxylic acids is 1. The number of benzene rings is 1. The summed E-state index contributed by atoms with van der Waals surface area (Å²) in [7, 11) is 1.90. The van der Waals surface area contributed by atoms with E-state index in [4.69, 9.17) is 10.00 Å². The molecule has 5 nitrogen and oxygen atoms in total. The van der Waals surface area contributed by atoms with Gasteiger partial charge in [-0.15, -0.1) is 0 Å². The minimum absolute atomic E-state index is 0.0331. The number of carbonyl (C=O) groups is 1. The van der Waals surface area contributed by atoms with E-state index in [-0.39, 0.29) is 5.91 Å². The highest BCUT2D eigenvalue weighted by molar-refractivity contribution is 5.77. The lowest BCUT2D eigenvalue weighted by Gasteiger charge is -2.16. The molecule has 0 unspecified atom stereocenters. The van der Waals surface area contributed by atoms with Crippen molar-refractivity contribution in [1.29, 1.82) is 5.26 Å². The van der Waals surface area contributed by atoms with Crippen LogP contribution in [-0.4, -0.2) is 44.1 Å². The molecule has 1 aromatic rings. The van der Waals surface area contributed by atoms with E-state index >= 15 is 0 Å². The lowest BCUT2D eigenvalue weighted by atomic mass is 10.2. The highest BCUT2D eigenvalue weighted by Gasteiger charge is 2.05. The number of hydrogen-bond donors (Lipinski definition) is 1. The fourth-order valence-electron chi connectivity index (χ4n) is 1.78. The molecule has 0 saturated heterocycles. The quantitative estimate of drug-likeness (QED) is 0.728. The number of nitrogens with one attached hydrogen (secondary N) is 1. The molecule has 0 radical (unpaired) electrons. The first kappa shape index (κ1) is 16.0. The molecule has 0 atom stereocenters. The zero-order chi connectivity index (χ0) is 14.8. The topological polar surface area (TPSA) is 65.4 Å². The predicted molar refractivity (Wildman–Crippen MR) is 77.4 cm³/mol. The summed E-state index contributed by atoms with van der Waals surface area (Å²) in [5.74, 6) is 0.645. The van der Waals surface area contributed by atoms with Crippen molar-refractivity contribution < 1.29 is 9.53 Å². The van der Waals surface area contributed by atoms with Crippen molar-refractivity contribution in [3.63, 3.8) is 0 Å². The Morgan fingerprint density at radius 3 is 2.90 bits per heavy atom. The lowest BCUT2D eigenvalue weighted by Crippen LogP contribution is -2.35. The van der Waals surface area contributed by atoms with E-state index in [1.165, 1.54) is 0 Å². The monoisotopic (exact) mass is 275 g/mol. The molecule has 0 spiro atoms. The summed E-state index contributed by atoms with van der Waals surface area (Å²) in [5, 5.41) is 11.7. The van der Waals surface area contributed by atoms with Crippen LogP contribution in [0.25, 0.3) is 0 Å². The maximum absolute atomic E-state index is 11.4. The standard InChI is InChI=1S/C15H21N3O2/c1-3-17-15(19)12-18(2)9-6-10-20-14-8-5-4-7-13(14)11-16/h4-5,7-8H,3,6,9-10,12H2,1-2H3,(H,17,19). The van der Waals surface area contributed by atoms with Crippen LogP contribution in [0.5, 0.6) is 5.75 Å². The molecule has 0 heterocycles. The average molecular weight is 275 g/mol. The Labute approximate surface area is 120 Å². The molecule has 0 aromatic heterocycles. The van der Waals surface area contributed by atoms with E-state index in [0.717, 1.165) is 13.0 Å². The molecule has 0 fully saturated rings. The summed E-state index contributed by atoms with van der Waals surface area (Å²) >= 11 is 0. The Bertz CT molecular complexity index is 468. The third kappa shape index (κ3) is 5.72. The summed E-state index contributed by atoms with van der Waals surface area (Å²) in [6.45, 7) is 4.24. The maximum Gasteiger partial charge on any atom is 0.234 e. The van der Waals surface area contributed by atoms with Gasteiger partial charge in [0.2, 0.25) is 5.91 Å². The molecule has 0 bridgehead atoms. The second-order valence-electron chi connectivity index (χ2n) is 4.50. The molecule has 5 heteroatoms. The average Bonchev–Trinajstić information content (AvgIpc) is 2.44. The second-order valence-corrected chi connectivity index (χ2v) is 4.50. The summed E-state index contributed by atoms with van der Waals surface area (Å²) < 4.78 is 5.58. The summed E-state index contributed by atoms with van der Waals surface area (Å²) in [5.41, 5.74) is 0.545. The molecule has 0 aliphatic rings. The molecule has 1 N–H and O–H groups in total. The Hall–Kier alpha value is -2.06. The van der Waals surface area contributed by atoms with Crippen molar-refractivity contribution in [2.75, 3.05) is 33.3 Å². The molecular formula is C15H21N3O2. The molecule has 1 rings (SSSR count). The van der Waals surface area contributed by atoms with Gasteiger partial charge in [-0.2, -0.15) is 5.26 Å². The molecule has 108 valence electrons. The number of para-hydroxylation sites is 1. The van der Waals surface area contributed by atoms with Gasteiger partial charge in [0.1, 0.15) is 11.8 Å².